The van der Waals surface area contributed by atoms with Gasteiger partial charge in [0.1, 0.15) is 5.58 Å². The summed E-state index contributed by atoms with van der Waals surface area (Å²) in [6, 6.07) is 73.1. The van der Waals surface area contributed by atoms with Crippen LogP contribution in [0.4, 0.5) is 34.1 Å². The number of hydrogen-bond donors (Lipinski definition) is 0. The third kappa shape index (κ3) is 6.02. The summed E-state index contributed by atoms with van der Waals surface area (Å²) in [5.74, 6) is 0. The van der Waals surface area contributed by atoms with Crippen LogP contribution in [-0.4, -0.2) is 11.3 Å². The van der Waals surface area contributed by atoms with Crippen LogP contribution in [0.2, 0.25) is 0 Å². The monoisotopic (exact) mass is 887 g/mol. The Balaban J connectivity index is 1.09. The summed E-state index contributed by atoms with van der Waals surface area (Å²) in [4.78, 5) is 5.02. The molecule has 14 rings (SSSR count). The Labute approximate surface area is 402 Å². The zero-order valence-corrected chi connectivity index (χ0v) is 39.0. The van der Waals surface area contributed by atoms with Gasteiger partial charge in [-0.05, 0) is 136 Å². The van der Waals surface area contributed by atoms with E-state index in [9.17, 15) is 0 Å². The number of anilines is 6. The van der Waals surface area contributed by atoms with Crippen molar-refractivity contribution >= 4 is 117 Å². The lowest BCUT2D eigenvalue weighted by molar-refractivity contribution is 0.669. The molecular formula is C64H50BN3O. The van der Waals surface area contributed by atoms with Gasteiger partial charge in [0.2, 0.25) is 0 Å². The smallest absolute Gasteiger partial charge is 0.333 e. The number of furan rings is 1. The van der Waals surface area contributed by atoms with Crippen molar-refractivity contribution in [2.45, 2.75) is 52.4 Å². The van der Waals surface area contributed by atoms with Crippen LogP contribution < -0.4 is 20.7 Å². The maximum Gasteiger partial charge on any atom is 0.333 e. The van der Waals surface area contributed by atoms with Gasteiger partial charge in [-0.2, -0.15) is 0 Å². The van der Waals surface area contributed by atoms with E-state index in [4.69, 9.17) is 4.42 Å². The molecule has 2 aliphatic heterocycles. The van der Waals surface area contributed by atoms with E-state index < -0.39 is 0 Å². The summed E-state index contributed by atoms with van der Waals surface area (Å²) in [6.45, 7) is 4.40. The van der Waals surface area contributed by atoms with Gasteiger partial charge in [-0.1, -0.05) is 154 Å². The predicted octanol–water partition coefficient (Wildman–Crippen LogP) is 16.6. The van der Waals surface area contributed by atoms with Crippen molar-refractivity contribution < 1.29 is 4.42 Å². The molecule has 0 spiro atoms. The van der Waals surface area contributed by atoms with Gasteiger partial charge < -0.3 is 18.7 Å². The van der Waals surface area contributed by atoms with Gasteiger partial charge in [0.05, 0.1) is 11.4 Å². The van der Waals surface area contributed by atoms with Crippen molar-refractivity contribution in [3.63, 3.8) is 0 Å². The molecule has 330 valence electrons. The van der Waals surface area contributed by atoms with Crippen molar-refractivity contribution in [2.24, 2.45) is 0 Å². The molecule has 0 N–H and O–H groups in total. The Kier molecular flexibility index (Phi) is 9.17. The van der Waals surface area contributed by atoms with Crippen molar-refractivity contribution in [1.82, 2.24) is 4.48 Å². The summed E-state index contributed by atoms with van der Waals surface area (Å²) in [7, 11) is 0. The minimum Gasteiger partial charge on any atom is -0.454 e. The Morgan fingerprint density at radius 1 is 0.493 bits per heavy atom. The van der Waals surface area contributed by atoms with Crippen LogP contribution in [0.15, 0.2) is 199 Å². The minimum atomic E-state index is -0.147. The maximum atomic E-state index is 6.96. The summed E-state index contributed by atoms with van der Waals surface area (Å²) >= 11 is 0. The van der Waals surface area contributed by atoms with Crippen molar-refractivity contribution in [3.05, 3.63) is 205 Å². The molecule has 2 aliphatic rings. The van der Waals surface area contributed by atoms with Crippen molar-refractivity contribution in [3.8, 4) is 11.1 Å². The van der Waals surface area contributed by atoms with Gasteiger partial charge in [-0.3, -0.25) is 0 Å². The van der Waals surface area contributed by atoms with Crippen LogP contribution in [0.25, 0.3) is 76.4 Å². The number of benzene rings is 10. The van der Waals surface area contributed by atoms with E-state index in [0.29, 0.717) is 0 Å². The molecule has 5 heteroatoms. The zero-order chi connectivity index (χ0) is 45.7. The fraction of sp³-hybridized carbons (Fsp3) is 0.125. The van der Waals surface area contributed by atoms with Gasteiger partial charge in [0, 0.05) is 66.3 Å². The van der Waals surface area contributed by atoms with E-state index >= 15 is 0 Å². The summed E-state index contributed by atoms with van der Waals surface area (Å²) in [5, 5.41) is 9.81. The second kappa shape index (κ2) is 15.8. The zero-order valence-electron chi connectivity index (χ0n) is 39.0. The molecular weight excluding hydrogens is 838 g/mol. The SMILES string of the molecule is CCCCc1ccc(N(c2ccc(CCCC)cc2)c2ccc3c(c2)B2c4c(cc5ccccc5c4N3c3cccc4c3oc3ccccc34)-c3cccc4c5c6ccccc6ccc5n2c34)cc1. The van der Waals surface area contributed by atoms with E-state index in [1.54, 1.807) is 0 Å². The quantitative estimate of drug-likeness (QED) is 0.128. The van der Waals surface area contributed by atoms with Gasteiger partial charge in [-0.15, -0.1) is 0 Å². The van der Waals surface area contributed by atoms with Crippen LogP contribution in [-0.2, 0) is 12.8 Å². The average molecular weight is 888 g/mol. The Morgan fingerprint density at radius 2 is 1.13 bits per heavy atom. The lowest BCUT2D eigenvalue weighted by Crippen LogP contribution is -2.56. The van der Waals surface area contributed by atoms with Gasteiger partial charge in [0.15, 0.2) is 5.58 Å². The highest BCUT2D eigenvalue weighted by Crippen LogP contribution is 2.51. The normalized spacial score (nSPS) is 12.8. The molecule has 0 atom stereocenters. The first-order chi connectivity index (χ1) is 34.2. The number of nitrogens with zero attached hydrogens (tertiary/aromatic N) is 3. The molecule has 0 bridgehead atoms. The third-order valence-electron chi connectivity index (χ3n) is 15.3. The first kappa shape index (κ1) is 40.1. The molecule has 0 saturated carbocycles. The van der Waals surface area contributed by atoms with Crippen LogP contribution in [0.5, 0.6) is 0 Å². The lowest BCUT2D eigenvalue weighted by Gasteiger charge is -2.41. The van der Waals surface area contributed by atoms with E-state index in [1.807, 2.05) is 0 Å². The summed E-state index contributed by atoms with van der Waals surface area (Å²) in [5.41, 5.74) is 19.0. The number of fused-ring (bicyclic) bond motifs is 14. The first-order valence-corrected chi connectivity index (χ1v) is 25.0. The number of unbranched alkanes of at least 4 members (excludes halogenated alkanes) is 2. The fourth-order valence-corrected chi connectivity index (χ4v) is 12.1. The van der Waals surface area contributed by atoms with E-state index in [1.165, 1.54) is 108 Å². The standard InChI is InChI=1S/C64H50BN3O/c1-3-5-15-41-27-32-45(33-28-41)66(46-34-29-42(30-35-46)16-6-4-2)47-36-38-56-55(40-47)65-61-54(51-22-13-24-53-60-48-19-9-7-17-43(48)31-37-57(60)68(65)62(51)53)39-44-18-8-10-20-49(44)63(61)67(56)58-25-14-23-52-50-21-11-12-26-59(50)69-64(52)58/h7-14,17-40H,3-6,15-16H2,1-2H3. The second-order valence-electron chi connectivity index (χ2n) is 19.3. The van der Waals surface area contributed by atoms with Gasteiger partial charge in [-0.25, -0.2) is 0 Å². The third-order valence-corrected chi connectivity index (χ3v) is 15.3. The number of para-hydroxylation sites is 3. The van der Waals surface area contributed by atoms with Gasteiger partial charge >= 0.3 is 6.85 Å². The molecule has 0 fully saturated rings. The highest BCUT2D eigenvalue weighted by molar-refractivity contribution is 6.90. The number of rotatable bonds is 10. The molecule has 12 aromatic rings. The molecule has 69 heavy (non-hydrogen) atoms. The number of hydrogen-bond acceptors (Lipinski definition) is 3. The van der Waals surface area contributed by atoms with Crippen LogP contribution in [0.3, 0.4) is 0 Å². The highest BCUT2D eigenvalue weighted by Gasteiger charge is 2.44. The predicted molar refractivity (Wildman–Crippen MR) is 294 cm³/mol. The molecule has 4 heterocycles. The Hall–Kier alpha value is -8.02. The Morgan fingerprint density at radius 3 is 1.88 bits per heavy atom. The molecule has 0 saturated heterocycles. The average Bonchev–Trinajstić information content (AvgIpc) is 3.96. The van der Waals surface area contributed by atoms with Gasteiger partial charge in [0.25, 0.3) is 0 Å². The largest absolute Gasteiger partial charge is 0.454 e. The van der Waals surface area contributed by atoms with Crippen molar-refractivity contribution in [2.75, 3.05) is 9.80 Å². The fourth-order valence-electron chi connectivity index (χ4n) is 12.1. The molecule has 0 unspecified atom stereocenters. The molecule has 10 aromatic carbocycles. The van der Waals surface area contributed by atoms with Crippen LogP contribution in [0.1, 0.15) is 50.7 Å². The van der Waals surface area contributed by atoms with E-state index in [0.717, 1.165) is 63.2 Å². The van der Waals surface area contributed by atoms with Crippen LogP contribution in [0, 0.1) is 0 Å². The van der Waals surface area contributed by atoms with Crippen molar-refractivity contribution in [1.29, 1.82) is 0 Å². The summed E-state index contributed by atoms with van der Waals surface area (Å²) in [6.07, 6.45) is 6.91. The maximum absolute atomic E-state index is 6.96. The van der Waals surface area contributed by atoms with E-state index in [-0.39, 0.29) is 6.85 Å². The molecule has 0 aliphatic carbocycles. The molecule has 4 nitrogen and oxygen atoms in total. The number of aromatic nitrogens is 1. The topological polar surface area (TPSA) is 24.6 Å². The minimum absolute atomic E-state index is 0.147. The number of aryl methyl sites for hydroxylation is 2. The molecule has 0 radical (unpaired) electrons. The molecule has 2 aromatic heterocycles. The lowest BCUT2D eigenvalue weighted by atomic mass is 9.44. The first-order valence-electron chi connectivity index (χ1n) is 25.0. The van der Waals surface area contributed by atoms with E-state index in [2.05, 4.69) is 222 Å². The highest BCUT2D eigenvalue weighted by atomic mass is 16.3. The van der Waals surface area contributed by atoms with Crippen LogP contribution >= 0.6 is 0 Å². The molecule has 0 amide bonds. The second-order valence-corrected chi connectivity index (χ2v) is 19.3. The Bertz CT molecular complexity index is 3960. The summed E-state index contributed by atoms with van der Waals surface area (Å²) < 4.78 is 9.65.